The summed E-state index contributed by atoms with van der Waals surface area (Å²) in [4.78, 5) is 11.6. The third kappa shape index (κ3) is 2.78. The highest BCUT2D eigenvalue weighted by atomic mass is 35.5. The van der Waals surface area contributed by atoms with Crippen molar-refractivity contribution >= 4 is 11.6 Å². The maximum Gasteiger partial charge on any atom is 0.285 e. The number of nitrogens with one attached hydrogen (secondary N) is 1. The van der Waals surface area contributed by atoms with Gasteiger partial charge in [-0.2, -0.15) is 0 Å². The summed E-state index contributed by atoms with van der Waals surface area (Å²) in [6.07, 6.45) is 2.42. The smallest absolute Gasteiger partial charge is 0.285 e. The highest BCUT2D eigenvalue weighted by Gasteiger charge is 2.08. The molecule has 0 spiro atoms. The van der Waals surface area contributed by atoms with Crippen LogP contribution >= 0.6 is 11.6 Å². The Balaban J connectivity index is 2.33. The number of hydrogen-bond donors (Lipinski definition) is 1. The fraction of sp³-hybridized carbons (Fsp3) is 0.0769. The standard InChI is InChI=1S/C13H11ClN2O2/c1-2-5-9-6-3-4-7-11(9)18-13-10(17)8-12(14)15-16-13/h2-4,6-8H,1,5H2,(H,15,17). The van der Waals surface area contributed by atoms with E-state index in [1.165, 1.54) is 6.07 Å². The molecule has 5 heteroatoms. The molecule has 0 atom stereocenters. The van der Waals surface area contributed by atoms with E-state index in [1.54, 1.807) is 12.1 Å². The van der Waals surface area contributed by atoms with E-state index in [9.17, 15) is 4.79 Å². The van der Waals surface area contributed by atoms with Gasteiger partial charge in [0.1, 0.15) is 10.9 Å². The minimum Gasteiger partial charge on any atom is -0.434 e. The number of hydrogen-bond acceptors (Lipinski definition) is 3. The Bertz CT molecular complexity index is 622. The molecule has 1 N–H and O–H groups in total. The van der Waals surface area contributed by atoms with Crippen molar-refractivity contribution in [1.82, 2.24) is 10.2 Å². The Hall–Kier alpha value is -2.07. The topological polar surface area (TPSA) is 55.0 Å². The van der Waals surface area contributed by atoms with Crippen LogP contribution in [0.2, 0.25) is 5.15 Å². The van der Waals surface area contributed by atoms with Crippen LogP contribution in [-0.4, -0.2) is 10.2 Å². The van der Waals surface area contributed by atoms with Crippen LogP contribution in [0.3, 0.4) is 0 Å². The number of aromatic amines is 1. The number of ether oxygens (including phenoxy) is 1. The molecule has 92 valence electrons. The van der Waals surface area contributed by atoms with Gasteiger partial charge in [-0.15, -0.1) is 11.7 Å². The van der Waals surface area contributed by atoms with Gasteiger partial charge in [0.2, 0.25) is 5.43 Å². The molecule has 1 aromatic carbocycles. The first kappa shape index (κ1) is 12.4. The van der Waals surface area contributed by atoms with Crippen LogP contribution in [-0.2, 0) is 6.42 Å². The predicted octanol–water partition coefficient (Wildman–Crippen LogP) is 2.94. The van der Waals surface area contributed by atoms with Crippen molar-refractivity contribution in [1.29, 1.82) is 0 Å². The predicted molar refractivity (Wildman–Crippen MR) is 70.3 cm³/mol. The SMILES string of the molecule is C=CCc1ccccc1Oc1n[nH]c(Cl)cc1=O. The fourth-order valence-electron chi connectivity index (χ4n) is 1.47. The van der Waals surface area contributed by atoms with Crippen LogP contribution in [0.4, 0.5) is 0 Å². The van der Waals surface area contributed by atoms with Crippen LogP contribution in [0, 0.1) is 0 Å². The lowest BCUT2D eigenvalue weighted by Gasteiger charge is -2.08. The molecule has 18 heavy (non-hydrogen) atoms. The molecule has 0 fully saturated rings. The van der Waals surface area contributed by atoms with Gasteiger partial charge in [-0.1, -0.05) is 35.9 Å². The molecule has 0 aliphatic carbocycles. The van der Waals surface area contributed by atoms with E-state index < -0.39 is 0 Å². The number of para-hydroxylation sites is 1. The third-order valence-corrected chi connectivity index (χ3v) is 2.47. The van der Waals surface area contributed by atoms with Gasteiger partial charge in [0.05, 0.1) is 0 Å². The Morgan fingerprint density at radius 2 is 2.22 bits per heavy atom. The van der Waals surface area contributed by atoms with Gasteiger partial charge in [-0.3, -0.25) is 9.89 Å². The van der Waals surface area contributed by atoms with Crippen molar-refractivity contribution in [3.63, 3.8) is 0 Å². The van der Waals surface area contributed by atoms with E-state index >= 15 is 0 Å². The maximum absolute atomic E-state index is 11.6. The number of halogens is 1. The summed E-state index contributed by atoms with van der Waals surface area (Å²) in [7, 11) is 0. The van der Waals surface area contributed by atoms with Gasteiger partial charge in [-0.25, -0.2) is 0 Å². The van der Waals surface area contributed by atoms with E-state index in [2.05, 4.69) is 16.8 Å². The molecule has 0 radical (unpaired) electrons. The largest absolute Gasteiger partial charge is 0.434 e. The van der Waals surface area contributed by atoms with Gasteiger partial charge in [0, 0.05) is 6.07 Å². The summed E-state index contributed by atoms with van der Waals surface area (Å²) < 4.78 is 5.49. The van der Waals surface area contributed by atoms with E-state index in [0.717, 1.165) is 5.56 Å². The number of aromatic nitrogens is 2. The second-order valence-corrected chi connectivity index (χ2v) is 4.00. The molecule has 2 aromatic rings. The lowest BCUT2D eigenvalue weighted by molar-refractivity contribution is 0.446. The van der Waals surface area contributed by atoms with Gasteiger partial charge < -0.3 is 4.74 Å². The highest BCUT2D eigenvalue weighted by Crippen LogP contribution is 2.22. The van der Waals surface area contributed by atoms with Crippen LogP contribution in [0.5, 0.6) is 11.6 Å². The molecular formula is C13H11ClN2O2. The molecule has 0 saturated heterocycles. The lowest BCUT2D eigenvalue weighted by Crippen LogP contribution is -2.08. The number of benzene rings is 1. The average molecular weight is 263 g/mol. The minimum atomic E-state index is -0.368. The first-order chi connectivity index (χ1) is 8.70. The first-order valence-electron chi connectivity index (χ1n) is 5.32. The normalized spacial score (nSPS) is 10.1. The Kier molecular flexibility index (Phi) is 3.79. The molecule has 0 bridgehead atoms. The number of H-pyrrole nitrogens is 1. The molecule has 4 nitrogen and oxygen atoms in total. The van der Waals surface area contributed by atoms with Gasteiger partial charge in [0.25, 0.3) is 5.88 Å². The van der Waals surface area contributed by atoms with E-state index in [4.69, 9.17) is 16.3 Å². The van der Waals surface area contributed by atoms with E-state index in [0.29, 0.717) is 12.2 Å². The van der Waals surface area contributed by atoms with Crippen molar-refractivity contribution in [2.24, 2.45) is 0 Å². The van der Waals surface area contributed by atoms with Crippen LogP contribution < -0.4 is 10.2 Å². The molecular weight excluding hydrogens is 252 g/mol. The van der Waals surface area contributed by atoms with E-state index in [-0.39, 0.29) is 16.5 Å². The Morgan fingerprint density at radius 3 is 2.94 bits per heavy atom. The zero-order chi connectivity index (χ0) is 13.0. The summed E-state index contributed by atoms with van der Waals surface area (Å²) in [5.41, 5.74) is 0.566. The summed E-state index contributed by atoms with van der Waals surface area (Å²) in [6, 6.07) is 8.62. The van der Waals surface area contributed by atoms with E-state index in [1.807, 2.05) is 18.2 Å². The second kappa shape index (κ2) is 5.51. The summed E-state index contributed by atoms with van der Waals surface area (Å²) in [6.45, 7) is 3.68. The first-order valence-corrected chi connectivity index (χ1v) is 5.70. The molecule has 1 heterocycles. The molecule has 0 unspecified atom stereocenters. The van der Waals surface area contributed by atoms with Crippen molar-refractivity contribution < 1.29 is 4.74 Å². The highest BCUT2D eigenvalue weighted by molar-refractivity contribution is 6.29. The summed E-state index contributed by atoms with van der Waals surface area (Å²) >= 11 is 5.61. The molecule has 0 aliphatic heterocycles. The van der Waals surface area contributed by atoms with Crippen LogP contribution in [0.25, 0.3) is 0 Å². The molecule has 0 saturated carbocycles. The Labute approximate surface area is 109 Å². The van der Waals surface area contributed by atoms with Gasteiger partial charge in [0.15, 0.2) is 0 Å². The number of allylic oxidation sites excluding steroid dienone is 1. The summed E-state index contributed by atoms with van der Waals surface area (Å²) in [5, 5.41) is 6.41. The fourth-order valence-corrected chi connectivity index (χ4v) is 1.61. The quantitative estimate of drug-likeness (QED) is 0.862. The summed E-state index contributed by atoms with van der Waals surface area (Å²) in [5.74, 6) is 0.550. The monoisotopic (exact) mass is 262 g/mol. The maximum atomic E-state index is 11.6. The molecule has 2 rings (SSSR count). The second-order valence-electron chi connectivity index (χ2n) is 3.59. The average Bonchev–Trinajstić information content (AvgIpc) is 2.35. The Morgan fingerprint density at radius 1 is 1.44 bits per heavy atom. The van der Waals surface area contributed by atoms with Crippen LogP contribution in [0.1, 0.15) is 5.56 Å². The number of rotatable bonds is 4. The molecule has 1 aromatic heterocycles. The molecule has 0 aliphatic rings. The van der Waals surface area contributed by atoms with Crippen molar-refractivity contribution in [3.05, 3.63) is 63.9 Å². The van der Waals surface area contributed by atoms with Gasteiger partial charge >= 0.3 is 0 Å². The van der Waals surface area contributed by atoms with Gasteiger partial charge in [-0.05, 0) is 18.1 Å². The zero-order valence-electron chi connectivity index (χ0n) is 9.52. The number of nitrogens with zero attached hydrogens (tertiary/aromatic N) is 1. The van der Waals surface area contributed by atoms with Crippen molar-refractivity contribution in [3.8, 4) is 11.6 Å². The van der Waals surface area contributed by atoms with Crippen molar-refractivity contribution in [2.45, 2.75) is 6.42 Å². The minimum absolute atomic E-state index is 0.0316. The van der Waals surface area contributed by atoms with Crippen LogP contribution in [0.15, 0.2) is 47.8 Å². The van der Waals surface area contributed by atoms with Crippen molar-refractivity contribution in [2.75, 3.05) is 0 Å². The zero-order valence-corrected chi connectivity index (χ0v) is 10.3. The molecule has 0 amide bonds. The third-order valence-electron chi connectivity index (χ3n) is 2.28. The lowest BCUT2D eigenvalue weighted by atomic mass is 10.1.